The first-order chi connectivity index (χ1) is 9.32. The second-order valence-corrected chi connectivity index (χ2v) is 6.89. The zero-order valence-corrected chi connectivity index (χ0v) is 13.5. The maximum atomic E-state index is 6.23. The number of rotatable bonds is 4. The van der Waals surface area contributed by atoms with Gasteiger partial charge in [0.15, 0.2) is 0 Å². The molecule has 1 aromatic rings. The van der Waals surface area contributed by atoms with Crippen molar-refractivity contribution >= 4 is 11.5 Å². The van der Waals surface area contributed by atoms with Gasteiger partial charge in [-0.2, -0.15) is 5.10 Å². The molecule has 5 heteroatoms. The molecule has 0 saturated carbocycles. The zero-order chi connectivity index (χ0) is 14.9. The van der Waals surface area contributed by atoms with Crippen molar-refractivity contribution in [2.75, 3.05) is 37.7 Å². The monoisotopic (exact) mass is 279 g/mol. The largest absolute Gasteiger partial charge is 0.394 e. The molecule has 1 fully saturated rings. The van der Waals surface area contributed by atoms with Gasteiger partial charge in [0, 0.05) is 13.6 Å². The van der Waals surface area contributed by atoms with Crippen LogP contribution < -0.4 is 11.1 Å². The number of piperidine rings is 1. The molecule has 0 spiro atoms. The lowest BCUT2D eigenvalue weighted by Crippen LogP contribution is -2.40. The van der Waals surface area contributed by atoms with Crippen LogP contribution in [0.2, 0.25) is 0 Å². The van der Waals surface area contributed by atoms with Crippen molar-refractivity contribution in [3.63, 3.8) is 0 Å². The lowest BCUT2D eigenvalue weighted by molar-refractivity contribution is 0.150. The van der Waals surface area contributed by atoms with Crippen LogP contribution in [0, 0.1) is 5.41 Å². The molecule has 2 heterocycles. The number of aromatic nitrogens is 2. The normalized spacial score (nSPS) is 19.5. The third-order valence-electron chi connectivity index (χ3n) is 4.54. The molecule has 20 heavy (non-hydrogen) atoms. The average molecular weight is 279 g/mol. The van der Waals surface area contributed by atoms with Gasteiger partial charge in [-0.25, -0.2) is 0 Å². The van der Waals surface area contributed by atoms with E-state index < -0.39 is 0 Å². The Kier molecular flexibility index (Phi) is 4.28. The van der Waals surface area contributed by atoms with Gasteiger partial charge in [0.25, 0.3) is 0 Å². The SMILES string of the molecule is CC(C)c1nn(C)c(NCC2(C)CCN(C)CC2)c1N. The summed E-state index contributed by atoms with van der Waals surface area (Å²) in [5, 5.41) is 8.07. The van der Waals surface area contributed by atoms with Crippen LogP contribution in [0.4, 0.5) is 11.5 Å². The number of nitrogen functional groups attached to an aromatic ring is 1. The molecule has 0 unspecified atom stereocenters. The molecular formula is C15H29N5. The van der Waals surface area contributed by atoms with Gasteiger partial charge in [-0.1, -0.05) is 20.8 Å². The molecule has 0 radical (unpaired) electrons. The third-order valence-corrected chi connectivity index (χ3v) is 4.54. The Morgan fingerprint density at radius 2 is 1.90 bits per heavy atom. The summed E-state index contributed by atoms with van der Waals surface area (Å²) in [6.45, 7) is 9.93. The van der Waals surface area contributed by atoms with Crippen LogP contribution in [0.3, 0.4) is 0 Å². The van der Waals surface area contributed by atoms with E-state index in [4.69, 9.17) is 5.73 Å². The van der Waals surface area contributed by atoms with Gasteiger partial charge in [-0.3, -0.25) is 4.68 Å². The highest BCUT2D eigenvalue weighted by atomic mass is 15.3. The van der Waals surface area contributed by atoms with Crippen LogP contribution in [-0.2, 0) is 7.05 Å². The topological polar surface area (TPSA) is 59.1 Å². The molecule has 0 amide bonds. The van der Waals surface area contributed by atoms with Gasteiger partial charge in [0.2, 0.25) is 0 Å². The Labute approximate surface area is 122 Å². The van der Waals surface area contributed by atoms with E-state index in [1.165, 1.54) is 25.9 Å². The molecule has 0 aromatic carbocycles. The van der Waals surface area contributed by atoms with Crippen LogP contribution in [0.15, 0.2) is 0 Å². The Bertz CT molecular complexity index is 455. The summed E-state index contributed by atoms with van der Waals surface area (Å²) >= 11 is 0. The van der Waals surface area contributed by atoms with Crippen molar-refractivity contribution in [1.82, 2.24) is 14.7 Å². The highest BCUT2D eigenvalue weighted by Crippen LogP contribution is 2.33. The van der Waals surface area contributed by atoms with Crippen molar-refractivity contribution in [3.8, 4) is 0 Å². The van der Waals surface area contributed by atoms with E-state index in [9.17, 15) is 0 Å². The van der Waals surface area contributed by atoms with Crippen molar-refractivity contribution in [3.05, 3.63) is 5.69 Å². The summed E-state index contributed by atoms with van der Waals surface area (Å²) in [5.74, 6) is 1.32. The number of nitrogens with one attached hydrogen (secondary N) is 1. The molecule has 1 aliphatic rings. The van der Waals surface area contributed by atoms with Gasteiger partial charge in [-0.15, -0.1) is 0 Å². The minimum absolute atomic E-state index is 0.348. The van der Waals surface area contributed by atoms with E-state index in [1.54, 1.807) is 0 Å². The molecule has 5 nitrogen and oxygen atoms in total. The highest BCUT2D eigenvalue weighted by molar-refractivity contribution is 5.65. The maximum Gasteiger partial charge on any atom is 0.147 e. The predicted octanol–water partition coefficient (Wildman–Crippen LogP) is 2.27. The van der Waals surface area contributed by atoms with Gasteiger partial charge < -0.3 is 16.0 Å². The summed E-state index contributed by atoms with van der Waals surface area (Å²) in [6, 6.07) is 0. The van der Waals surface area contributed by atoms with E-state index >= 15 is 0 Å². The molecule has 0 atom stereocenters. The smallest absolute Gasteiger partial charge is 0.147 e. The highest BCUT2D eigenvalue weighted by Gasteiger charge is 2.29. The molecule has 0 aliphatic carbocycles. The number of hydrogen-bond acceptors (Lipinski definition) is 4. The van der Waals surface area contributed by atoms with Crippen LogP contribution in [0.25, 0.3) is 0 Å². The predicted molar refractivity (Wildman–Crippen MR) is 85.0 cm³/mol. The second-order valence-electron chi connectivity index (χ2n) is 6.89. The van der Waals surface area contributed by atoms with E-state index in [-0.39, 0.29) is 0 Å². The third kappa shape index (κ3) is 3.08. The van der Waals surface area contributed by atoms with Crippen LogP contribution in [0.5, 0.6) is 0 Å². The summed E-state index contributed by atoms with van der Waals surface area (Å²) in [7, 11) is 4.16. The van der Waals surface area contributed by atoms with Crippen molar-refractivity contribution in [2.24, 2.45) is 12.5 Å². The fourth-order valence-corrected chi connectivity index (χ4v) is 2.83. The van der Waals surface area contributed by atoms with E-state index in [1.807, 2.05) is 11.7 Å². The fraction of sp³-hybridized carbons (Fsp3) is 0.800. The number of likely N-dealkylation sites (tertiary alicyclic amines) is 1. The lowest BCUT2D eigenvalue weighted by Gasteiger charge is -2.38. The fourth-order valence-electron chi connectivity index (χ4n) is 2.83. The average Bonchev–Trinajstić information content (AvgIpc) is 2.67. The van der Waals surface area contributed by atoms with E-state index in [2.05, 4.69) is 43.1 Å². The van der Waals surface area contributed by atoms with Gasteiger partial charge in [0.1, 0.15) is 5.82 Å². The van der Waals surface area contributed by atoms with Gasteiger partial charge >= 0.3 is 0 Å². The quantitative estimate of drug-likeness (QED) is 0.887. The minimum atomic E-state index is 0.348. The van der Waals surface area contributed by atoms with Crippen molar-refractivity contribution in [2.45, 2.75) is 39.5 Å². The molecular weight excluding hydrogens is 250 g/mol. The molecule has 2 rings (SSSR count). The molecule has 0 bridgehead atoms. The van der Waals surface area contributed by atoms with Gasteiger partial charge in [0.05, 0.1) is 11.4 Å². The minimum Gasteiger partial charge on any atom is -0.394 e. The first-order valence-corrected chi connectivity index (χ1v) is 7.57. The first-order valence-electron chi connectivity index (χ1n) is 7.57. The Morgan fingerprint density at radius 1 is 1.30 bits per heavy atom. The van der Waals surface area contributed by atoms with Crippen molar-refractivity contribution < 1.29 is 0 Å². The number of nitrogens with two attached hydrogens (primary N) is 1. The Hall–Kier alpha value is -1.23. The standard InChI is InChI=1S/C15H29N5/c1-11(2)13-12(16)14(20(5)18-13)17-10-15(3)6-8-19(4)9-7-15/h11,17H,6-10,16H2,1-5H3. The van der Waals surface area contributed by atoms with Crippen LogP contribution in [0.1, 0.15) is 45.2 Å². The number of aryl methyl sites for hydroxylation is 1. The van der Waals surface area contributed by atoms with Crippen LogP contribution in [-0.4, -0.2) is 41.4 Å². The molecule has 1 saturated heterocycles. The summed E-state index contributed by atoms with van der Waals surface area (Å²) < 4.78 is 1.88. The summed E-state index contributed by atoms with van der Waals surface area (Å²) in [4.78, 5) is 2.40. The summed E-state index contributed by atoms with van der Waals surface area (Å²) in [6.07, 6.45) is 2.45. The first kappa shape index (κ1) is 15.2. The summed E-state index contributed by atoms with van der Waals surface area (Å²) in [5.41, 5.74) is 8.37. The van der Waals surface area contributed by atoms with Gasteiger partial charge in [-0.05, 0) is 44.3 Å². The number of anilines is 2. The number of hydrogen-bond donors (Lipinski definition) is 2. The zero-order valence-electron chi connectivity index (χ0n) is 13.5. The maximum absolute atomic E-state index is 6.23. The second kappa shape index (κ2) is 5.64. The Morgan fingerprint density at radius 3 is 2.40 bits per heavy atom. The molecule has 3 N–H and O–H groups in total. The van der Waals surface area contributed by atoms with Crippen molar-refractivity contribution in [1.29, 1.82) is 0 Å². The number of nitrogens with zero attached hydrogens (tertiary/aromatic N) is 3. The van der Waals surface area contributed by atoms with Crippen LogP contribution >= 0.6 is 0 Å². The van der Waals surface area contributed by atoms with E-state index in [0.29, 0.717) is 11.3 Å². The lowest BCUT2D eigenvalue weighted by atomic mass is 9.80. The van der Waals surface area contributed by atoms with E-state index in [0.717, 1.165) is 23.7 Å². The Balaban J connectivity index is 2.04. The molecule has 114 valence electrons. The molecule has 1 aromatic heterocycles. The molecule has 1 aliphatic heterocycles.